The quantitative estimate of drug-likeness (QED) is 0.718. The number of nitrogens with one attached hydrogen (secondary N) is 2. The van der Waals surface area contributed by atoms with E-state index in [0.29, 0.717) is 6.42 Å². The maximum atomic E-state index is 13.7. The van der Waals surface area contributed by atoms with E-state index >= 15 is 0 Å². The van der Waals surface area contributed by atoms with Gasteiger partial charge in [0.25, 0.3) is 5.91 Å². The van der Waals surface area contributed by atoms with Crippen LogP contribution in [-0.2, 0) is 10.9 Å². The van der Waals surface area contributed by atoms with Crippen LogP contribution in [0.3, 0.4) is 0 Å². The lowest BCUT2D eigenvalue weighted by Gasteiger charge is -2.21. The SMILES string of the molecule is CCOC(=O)NC(CNC(=O)c1cnc2ccccc2c1C(F)(F)F)CC(C)C. The van der Waals surface area contributed by atoms with Crippen molar-refractivity contribution in [1.82, 2.24) is 15.6 Å². The van der Waals surface area contributed by atoms with Gasteiger partial charge in [0, 0.05) is 24.2 Å². The summed E-state index contributed by atoms with van der Waals surface area (Å²) in [4.78, 5) is 28.2. The molecule has 0 saturated carbocycles. The molecule has 29 heavy (non-hydrogen) atoms. The van der Waals surface area contributed by atoms with Gasteiger partial charge in [-0.2, -0.15) is 13.2 Å². The van der Waals surface area contributed by atoms with Gasteiger partial charge in [-0.05, 0) is 25.3 Å². The van der Waals surface area contributed by atoms with Crippen LogP contribution in [0.25, 0.3) is 10.9 Å². The number of fused-ring (bicyclic) bond motifs is 1. The van der Waals surface area contributed by atoms with E-state index in [9.17, 15) is 22.8 Å². The standard InChI is InChI=1S/C20H24F3N3O3/c1-4-29-19(28)26-13(9-12(2)3)10-25-18(27)15-11-24-16-8-6-5-7-14(16)17(15)20(21,22)23/h5-8,11-13H,4,9-10H2,1-3H3,(H,25,27)(H,26,28). The lowest BCUT2D eigenvalue weighted by atomic mass is 10.0. The molecule has 0 spiro atoms. The van der Waals surface area contributed by atoms with Crippen LogP contribution in [0.2, 0.25) is 0 Å². The highest BCUT2D eigenvalue weighted by molar-refractivity contribution is 6.00. The van der Waals surface area contributed by atoms with Gasteiger partial charge in [-0.15, -0.1) is 0 Å². The van der Waals surface area contributed by atoms with E-state index in [-0.39, 0.29) is 30.0 Å². The first kappa shape index (κ1) is 22.4. The van der Waals surface area contributed by atoms with Crippen LogP contribution < -0.4 is 10.6 Å². The van der Waals surface area contributed by atoms with Crippen molar-refractivity contribution in [3.05, 3.63) is 41.6 Å². The molecule has 1 atom stereocenters. The molecule has 0 saturated heterocycles. The summed E-state index contributed by atoms with van der Waals surface area (Å²) >= 11 is 0. The average Bonchev–Trinajstić information content (AvgIpc) is 2.63. The Bertz CT molecular complexity index is 869. The largest absolute Gasteiger partial charge is 0.450 e. The Kier molecular flexibility index (Phi) is 7.41. The van der Waals surface area contributed by atoms with Crippen LogP contribution in [0.15, 0.2) is 30.5 Å². The number of aromatic nitrogens is 1. The predicted octanol–water partition coefficient (Wildman–Crippen LogP) is 4.14. The molecule has 1 heterocycles. The van der Waals surface area contributed by atoms with Crippen LogP contribution in [0.1, 0.15) is 43.1 Å². The first-order valence-corrected chi connectivity index (χ1v) is 9.29. The van der Waals surface area contributed by atoms with Crippen molar-refractivity contribution in [2.24, 2.45) is 5.92 Å². The second kappa shape index (κ2) is 9.58. The van der Waals surface area contributed by atoms with Gasteiger partial charge in [0.05, 0.1) is 23.3 Å². The number of hydrogen-bond acceptors (Lipinski definition) is 4. The van der Waals surface area contributed by atoms with Gasteiger partial charge >= 0.3 is 12.3 Å². The first-order chi connectivity index (χ1) is 13.6. The van der Waals surface area contributed by atoms with Gasteiger partial charge in [0.2, 0.25) is 0 Å². The van der Waals surface area contributed by atoms with E-state index in [1.165, 1.54) is 18.2 Å². The number of para-hydroxylation sites is 1. The van der Waals surface area contributed by atoms with Crippen molar-refractivity contribution in [3.8, 4) is 0 Å². The minimum Gasteiger partial charge on any atom is -0.450 e. The second-order valence-corrected chi connectivity index (χ2v) is 6.96. The monoisotopic (exact) mass is 411 g/mol. The second-order valence-electron chi connectivity index (χ2n) is 6.96. The van der Waals surface area contributed by atoms with Crippen LogP contribution in [0.4, 0.5) is 18.0 Å². The Morgan fingerprint density at radius 1 is 1.21 bits per heavy atom. The third-order valence-corrected chi connectivity index (χ3v) is 4.17. The maximum absolute atomic E-state index is 13.7. The summed E-state index contributed by atoms with van der Waals surface area (Å²) in [6.45, 7) is 5.65. The summed E-state index contributed by atoms with van der Waals surface area (Å²) in [7, 11) is 0. The summed E-state index contributed by atoms with van der Waals surface area (Å²) in [6.07, 6.45) is -3.93. The van der Waals surface area contributed by atoms with Gasteiger partial charge in [0.1, 0.15) is 0 Å². The number of amides is 2. The van der Waals surface area contributed by atoms with Gasteiger partial charge in [0.15, 0.2) is 0 Å². The highest BCUT2D eigenvalue weighted by Gasteiger charge is 2.37. The number of carbonyl (C=O) groups is 2. The molecule has 0 fully saturated rings. The minimum absolute atomic E-state index is 0.0417. The molecule has 0 aliphatic heterocycles. The molecule has 2 amide bonds. The highest BCUT2D eigenvalue weighted by atomic mass is 19.4. The van der Waals surface area contributed by atoms with Gasteiger partial charge in [-0.25, -0.2) is 4.79 Å². The molecule has 2 N–H and O–H groups in total. The van der Waals surface area contributed by atoms with Crippen LogP contribution in [0.5, 0.6) is 0 Å². The lowest BCUT2D eigenvalue weighted by molar-refractivity contribution is -0.136. The number of hydrogen-bond donors (Lipinski definition) is 2. The van der Waals surface area contributed by atoms with E-state index in [0.717, 1.165) is 6.20 Å². The maximum Gasteiger partial charge on any atom is 0.417 e. The molecule has 9 heteroatoms. The molecule has 1 unspecified atom stereocenters. The molecule has 1 aromatic carbocycles. The third-order valence-electron chi connectivity index (χ3n) is 4.17. The zero-order chi connectivity index (χ0) is 21.6. The average molecular weight is 411 g/mol. The lowest BCUT2D eigenvalue weighted by Crippen LogP contribution is -2.44. The molecule has 2 rings (SSSR count). The predicted molar refractivity (Wildman–Crippen MR) is 102 cm³/mol. The summed E-state index contributed by atoms with van der Waals surface area (Å²) in [5.74, 6) is -0.720. The topological polar surface area (TPSA) is 80.3 Å². The molecule has 158 valence electrons. The number of nitrogens with zero attached hydrogens (tertiary/aromatic N) is 1. The van der Waals surface area contributed by atoms with Crippen molar-refractivity contribution in [2.45, 2.75) is 39.4 Å². The van der Waals surface area contributed by atoms with E-state index in [4.69, 9.17) is 4.74 Å². The van der Waals surface area contributed by atoms with Gasteiger partial charge < -0.3 is 15.4 Å². The van der Waals surface area contributed by atoms with E-state index < -0.39 is 35.3 Å². The molecule has 0 aliphatic carbocycles. The number of alkyl carbamates (subject to hydrolysis) is 1. The van der Waals surface area contributed by atoms with Gasteiger partial charge in [-0.1, -0.05) is 32.0 Å². The summed E-state index contributed by atoms with van der Waals surface area (Å²) < 4.78 is 45.9. The van der Waals surface area contributed by atoms with Crippen molar-refractivity contribution >= 4 is 22.9 Å². The number of benzene rings is 1. The number of alkyl halides is 3. The highest BCUT2D eigenvalue weighted by Crippen LogP contribution is 2.36. The summed E-state index contributed by atoms with van der Waals surface area (Å²) in [5, 5.41) is 4.95. The molecule has 2 aromatic rings. The Hall–Kier alpha value is -2.84. The number of pyridine rings is 1. The van der Waals surface area contributed by atoms with Crippen LogP contribution >= 0.6 is 0 Å². The fraction of sp³-hybridized carbons (Fsp3) is 0.450. The molecule has 6 nitrogen and oxygen atoms in total. The molecule has 1 aromatic heterocycles. The van der Waals surface area contributed by atoms with Crippen molar-refractivity contribution in [2.75, 3.05) is 13.2 Å². The van der Waals surface area contributed by atoms with E-state index in [1.807, 2.05) is 13.8 Å². The zero-order valence-corrected chi connectivity index (χ0v) is 16.5. The summed E-state index contributed by atoms with van der Waals surface area (Å²) in [6, 6.07) is 5.29. The van der Waals surface area contributed by atoms with Gasteiger partial charge in [-0.3, -0.25) is 9.78 Å². The fourth-order valence-corrected chi connectivity index (χ4v) is 3.03. The summed E-state index contributed by atoms with van der Waals surface area (Å²) in [5.41, 5.74) is -1.44. The molecule has 0 radical (unpaired) electrons. The third kappa shape index (κ3) is 6.07. The molecular formula is C20H24F3N3O3. The van der Waals surface area contributed by atoms with Crippen molar-refractivity contribution in [3.63, 3.8) is 0 Å². The number of carbonyl (C=O) groups excluding carboxylic acids is 2. The Balaban J connectivity index is 2.25. The Labute approximate surface area is 166 Å². The van der Waals surface area contributed by atoms with Crippen LogP contribution in [0, 0.1) is 5.92 Å². The normalized spacial score (nSPS) is 12.7. The number of halogens is 3. The van der Waals surface area contributed by atoms with Crippen molar-refractivity contribution in [1.29, 1.82) is 0 Å². The van der Waals surface area contributed by atoms with Crippen LogP contribution in [-0.4, -0.2) is 36.2 Å². The van der Waals surface area contributed by atoms with E-state index in [1.54, 1.807) is 13.0 Å². The fourth-order valence-electron chi connectivity index (χ4n) is 3.03. The molecule has 0 aliphatic rings. The first-order valence-electron chi connectivity index (χ1n) is 9.29. The smallest absolute Gasteiger partial charge is 0.417 e. The zero-order valence-electron chi connectivity index (χ0n) is 16.5. The van der Waals surface area contributed by atoms with Crippen molar-refractivity contribution < 1.29 is 27.5 Å². The molecule has 0 bridgehead atoms. The number of ether oxygens (including phenoxy) is 1. The number of rotatable bonds is 7. The minimum atomic E-state index is -4.73. The van der Waals surface area contributed by atoms with E-state index in [2.05, 4.69) is 15.6 Å². The Morgan fingerprint density at radius 2 is 1.90 bits per heavy atom. The molecular weight excluding hydrogens is 387 g/mol. The Morgan fingerprint density at radius 3 is 2.52 bits per heavy atom.